The predicted octanol–water partition coefficient (Wildman–Crippen LogP) is 3.80. The highest BCUT2D eigenvalue weighted by Crippen LogP contribution is 2.17. The van der Waals surface area contributed by atoms with Crippen molar-refractivity contribution < 1.29 is 4.79 Å². The number of benzene rings is 2. The Bertz CT molecular complexity index is 822. The molecule has 1 amide bonds. The first-order valence-electron chi connectivity index (χ1n) is 7.57. The lowest BCUT2D eigenvalue weighted by Gasteiger charge is -2.08. The summed E-state index contributed by atoms with van der Waals surface area (Å²) in [4.78, 5) is 12.4. The molecule has 4 heteroatoms. The Labute approximate surface area is 135 Å². The maximum absolute atomic E-state index is 12.4. The van der Waals surface area contributed by atoms with E-state index in [1.807, 2.05) is 56.3 Å². The zero-order valence-electron chi connectivity index (χ0n) is 13.3. The van der Waals surface area contributed by atoms with Crippen LogP contribution < -0.4 is 5.32 Å². The summed E-state index contributed by atoms with van der Waals surface area (Å²) < 4.78 is 1.77. The van der Waals surface area contributed by atoms with Crippen LogP contribution in [0, 0.1) is 13.8 Å². The van der Waals surface area contributed by atoms with Crippen molar-refractivity contribution in [3.8, 4) is 0 Å². The highest BCUT2D eigenvalue weighted by atomic mass is 16.1. The van der Waals surface area contributed by atoms with Gasteiger partial charge in [0.15, 0.2) is 0 Å². The van der Waals surface area contributed by atoms with Gasteiger partial charge < -0.3 is 5.32 Å². The van der Waals surface area contributed by atoms with E-state index in [9.17, 15) is 4.79 Å². The van der Waals surface area contributed by atoms with Crippen LogP contribution in [0.25, 0.3) is 0 Å². The molecular formula is C19H19N3O. The van der Waals surface area contributed by atoms with Gasteiger partial charge in [-0.2, -0.15) is 5.10 Å². The number of nitrogens with zero attached hydrogens (tertiary/aromatic N) is 2. The van der Waals surface area contributed by atoms with Gasteiger partial charge in [0.05, 0.1) is 18.3 Å². The second-order valence-corrected chi connectivity index (χ2v) is 5.68. The lowest BCUT2D eigenvalue weighted by Crippen LogP contribution is -2.12. The van der Waals surface area contributed by atoms with Crippen molar-refractivity contribution in [3.05, 3.63) is 83.2 Å². The summed E-state index contributed by atoms with van der Waals surface area (Å²) in [6.45, 7) is 4.67. The minimum Gasteiger partial charge on any atom is -0.322 e. The molecule has 4 nitrogen and oxygen atoms in total. The minimum atomic E-state index is -0.142. The normalized spacial score (nSPS) is 10.5. The van der Waals surface area contributed by atoms with Gasteiger partial charge in [-0.1, -0.05) is 48.0 Å². The van der Waals surface area contributed by atoms with Crippen LogP contribution in [-0.2, 0) is 6.54 Å². The number of aromatic nitrogens is 2. The second kappa shape index (κ2) is 6.48. The SMILES string of the molecule is Cc1ccc(NC(=O)c2cnn(Cc3ccccc3)c2)c(C)c1. The third-order valence-electron chi connectivity index (χ3n) is 3.71. The van der Waals surface area contributed by atoms with Crippen LogP contribution in [-0.4, -0.2) is 15.7 Å². The van der Waals surface area contributed by atoms with Gasteiger partial charge in [-0.05, 0) is 31.0 Å². The van der Waals surface area contributed by atoms with E-state index in [4.69, 9.17) is 0 Å². The average molecular weight is 305 g/mol. The molecule has 3 rings (SSSR count). The van der Waals surface area contributed by atoms with Crippen LogP contribution in [0.2, 0.25) is 0 Å². The molecule has 0 fully saturated rings. The monoisotopic (exact) mass is 305 g/mol. The molecule has 2 aromatic carbocycles. The molecular weight excluding hydrogens is 286 g/mol. The summed E-state index contributed by atoms with van der Waals surface area (Å²) in [5, 5.41) is 7.21. The van der Waals surface area contributed by atoms with Crippen LogP contribution >= 0.6 is 0 Å². The Morgan fingerprint density at radius 3 is 2.65 bits per heavy atom. The molecule has 0 saturated carbocycles. The molecule has 0 unspecified atom stereocenters. The van der Waals surface area contributed by atoms with Gasteiger partial charge in [-0.3, -0.25) is 9.48 Å². The Kier molecular flexibility index (Phi) is 4.24. The molecule has 1 aromatic heterocycles. The number of carbonyl (C=O) groups is 1. The molecule has 1 N–H and O–H groups in total. The van der Waals surface area contributed by atoms with Crippen molar-refractivity contribution in [2.75, 3.05) is 5.32 Å². The molecule has 1 heterocycles. The third-order valence-corrected chi connectivity index (χ3v) is 3.71. The first kappa shape index (κ1) is 15.0. The van der Waals surface area contributed by atoms with Crippen molar-refractivity contribution in [1.29, 1.82) is 0 Å². The molecule has 23 heavy (non-hydrogen) atoms. The van der Waals surface area contributed by atoms with Crippen LogP contribution in [0.3, 0.4) is 0 Å². The van der Waals surface area contributed by atoms with E-state index in [2.05, 4.69) is 16.5 Å². The number of nitrogens with one attached hydrogen (secondary N) is 1. The second-order valence-electron chi connectivity index (χ2n) is 5.68. The quantitative estimate of drug-likeness (QED) is 0.797. The minimum absolute atomic E-state index is 0.142. The van der Waals surface area contributed by atoms with Crippen molar-refractivity contribution in [1.82, 2.24) is 9.78 Å². The van der Waals surface area contributed by atoms with Gasteiger partial charge in [0.1, 0.15) is 0 Å². The van der Waals surface area contributed by atoms with E-state index >= 15 is 0 Å². The predicted molar refractivity (Wildman–Crippen MR) is 91.6 cm³/mol. The molecule has 0 saturated heterocycles. The fourth-order valence-electron chi connectivity index (χ4n) is 2.49. The number of hydrogen-bond acceptors (Lipinski definition) is 2. The van der Waals surface area contributed by atoms with E-state index in [-0.39, 0.29) is 5.91 Å². The molecule has 0 aliphatic carbocycles. The molecule has 0 spiro atoms. The Morgan fingerprint density at radius 1 is 1.13 bits per heavy atom. The van der Waals surface area contributed by atoms with Crippen molar-refractivity contribution >= 4 is 11.6 Å². The van der Waals surface area contributed by atoms with Crippen LogP contribution in [0.5, 0.6) is 0 Å². The number of amides is 1. The van der Waals surface area contributed by atoms with E-state index in [1.54, 1.807) is 17.1 Å². The maximum Gasteiger partial charge on any atom is 0.258 e. The summed E-state index contributed by atoms with van der Waals surface area (Å²) in [6, 6.07) is 16.0. The number of rotatable bonds is 4. The maximum atomic E-state index is 12.4. The Hall–Kier alpha value is -2.88. The standard InChI is InChI=1S/C19H19N3O/c1-14-8-9-18(15(2)10-14)21-19(23)17-11-20-22(13-17)12-16-6-4-3-5-7-16/h3-11,13H,12H2,1-2H3,(H,21,23). The zero-order chi connectivity index (χ0) is 16.2. The summed E-state index contributed by atoms with van der Waals surface area (Å²) in [5.74, 6) is -0.142. The van der Waals surface area contributed by atoms with Gasteiger partial charge in [-0.25, -0.2) is 0 Å². The molecule has 0 bridgehead atoms. The fourth-order valence-corrected chi connectivity index (χ4v) is 2.49. The number of anilines is 1. The van der Waals surface area contributed by atoms with Crippen LogP contribution in [0.15, 0.2) is 60.9 Å². The van der Waals surface area contributed by atoms with Gasteiger partial charge in [0, 0.05) is 11.9 Å². The average Bonchev–Trinajstić information content (AvgIpc) is 3.00. The molecule has 0 radical (unpaired) electrons. The summed E-state index contributed by atoms with van der Waals surface area (Å²) in [5.41, 5.74) is 4.76. The Balaban J connectivity index is 1.71. The van der Waals surface area contributed by atoms with Crippen molar-refractivity contribution in [3.63, 3.8) is 0 Å². The number of hydrogen-bond donors (Lipinski definition) is 1. The molecule has 0 atom stereocenters. The number of aryl methyl sites for hydroxylation is 2. The lowest BCUT2D eigenvalue weighted by atomic mass is 10.1. The van der Waals surface area contributed by atoms with E-state index in [0.717, 1.165) is 16.8 Å². The highest BCUT2D eigenvalue weighted by Gasteiger charge is 2.10. The van der Waals surface area contributed by atoms with Crippen LogP contribution in [0.4, 0.5) is 5.69 Å². The van der Waals surface area contributed by atoms with Crippen LogP contribution in [0.1, 0.15) is 27.0 Å². The molecule has 0 aliphatic heterocycles. The van der Waals surface area contributed by atoms with Gasteiger partial charge in [0.2, 0.25) is 0 Å². The summed E-state index contributed by atoms with van der Waals surface area (Å²) in [6.07, 6.45) is 3.37. The lowest BCUT2D eigenvalue weighted by molar-refractivity contribution is 0.102. The van der Waals surface area contributed by atoms with Crippen molar-refractivity contribution in [2.45, 2.75) is 20.4 Å². The summed E-state index contributed by atoms with van der Waals surface area (Å²) >= 11 is 0. The van der Waals surface area contributed by atoms with E-state index < -0.39 is 0 Å². The smallest absolute Gasteiger partial charge is 0.258 e. The number of carbonyl (C=O) groups excluding carboxylic acids is 1. The largest absolute Gasteiger partial charge is 0.322 e. The highest BCUT2D eigenvalue weighted by molar-refractivity contribution is 6.04. The van der Waals surface area contributed by atoms with Gasteiger partial charge >= 0.3 is 0 Å². The zero-order valence-corrected chi connectivity index (χ0v) is 13.3. The molecule has 0 aliphatic rings. The fraction of sp³-hybridized carbons (Fsp3) is 0.158. The molecule has 3 aromatic rings. The first-order chi connectivity index (χ1) is 11.1. The molecule has 116 valence electrons. The van der Waals surface area contributed by atoms with Crippen molar-refractivity contribution in [2.24, 2.45) is 0 Å². The summed E-state index contributed by atoms with van der Waals surface area (Å²) in [7, 11) is 0. The van der Waals surface area contributed by atoms with Gasteiger partial charge in [-0.15, -0.1) is 0 Å². The Morgan fingerprint density at radius 2 is 1.91 bits per heavy atom. The first-order valence-corrected chi connectivity index (χ1v) is 7.57. The van der Waals surface area contributed by atoms with E-state index in [0.29, 0.717) is 12.1 Å². The topological polar surface area (TPSA) is 46.9 Å². The third kappa shape index (κ3) is 3.66. The van der Waals surface area contributed by atoms with E-state index in [1.165, 1.54) is 5.56 Å². The van der Waals surface area contributed by atoms with Gasteiger partial charge in [0.25, 0.3) is 5.91 Å².